The first-order chi connectivity index (χ1) is 10.6. The number of halogens is 1. The van der Waals surface area contributed by atoms with E-state index in [2.05, 4.69) is 31.1 Å². The van der Waals surface area contributed by atoms with Crippen molar-refractivity contribution in [2.45, 2.75) is 6.42 Å². The van der Waals surface area contributed by atoms with Crippen LogP contribution >= 0.6 is 15.9 Å². The molecule has 0 saturated heterocycles. The Balaban J connectivity index is 1.98. The lowest BCUT2D eigenvalue weighted by Crippen LogP contribution is -2.33. The number of anilines is 1. The van der Waals surface area contributed by atoms with Crippen LogP contribution in [-0.2, 0) is 6.42 Å². The molecule has 0 fully saturated rings. The number of rotatable bonds is 3. The number of nitrogen functional groups attached to an aromatic ring is 1. The summed E-state index contributed by atoms with van der Waals surface area (Å²) in [6.45, 7) is 0. The van der Waals surface area contributed by atoms with Gasteiger partial charge in [-0.15, -0.1) is 0 Å². The monoisotopic (exact) mass is 358 g/mol. The third-order valence-electron chi connectivity index (χ3n) is 3.34. The van der Waals surface area contributed by atoms with Gasteiger partial charge in [-0.2, -0.15) is 0 Å². The van der Waals surface area contributed by atoms with Gasteiger partial charge in [0.2, 0.25) is 0 Å². The third-order valence-corrected chi connectivity index (χ3v) is 3.79. The number of aromatic nitrogens is 3. The van der Waals surface area contributed by atoms with Crippen molar-refractivity contribution in [3.05, 3.63) is 73.2 Å². The zero-order chi connectivity index (χ0) is 15.5. The Bertz CT molecular complexity index is 947. The van der Waals surface area contributed by atoms with Crippen LogP contribution < -0.4 is 21.9 Å². The Morgan fingerprint density at radius 3 is 2.64 bits per heavy atom. The molecule has 1 aromatic carbocycles. The van der Waals surface area contributed by atoms with Gasteiger partial charge in [0.1, 0.15) is 0 Å². The van der Waals surface area contributed by atoms with Crippen molar-refractivity contribution < 1.29 is 0 Å². The van der Waals surface area contributed by atoms with Gasteiger partial charge in [-0.05, 0) is 52.2 Å². The molecule has 0 aliphatic heterocycles. The highest BCUT2D eigenvalue weighted by atomic mass is 79.9. The molecule has 5 N–H and O–H groups in total. The van der Waals surface area contributed by atoms with Crippen molar-refractivity contribution in [3.63, 3.8) is 0 Å². The minimum Gasteiger partial charge on any atom is -0.399 e. The first-order valence-electron chi connectivity index (χ1n) is 6.79. The van der Waals surface area contributed by atoms with Gasteiger partial charge in [0.05, 0.1) is 10.6 Å². The van der Waals surface area contributed by atoms with Crippen LogP contribution in [0.15, 0.2) is 45.8 Å². The van der Waals surface area contributed by atoms with Gasteiger partial charge in [-0.25, -0.2) is 0 Å². The van der Waals surface area contributed by atoms with E-state index < -0.39 is 0 Å². The van der Waals surface area contributed by atoms with Crippen molar-refractivity contribution in [1.82, 2.24) is 15.2 Å². The summed E-state index contributed by atoms with van der Waals surface area (Å²) in [7, 11) is 0. The van der Waals surface area contributed by atoms with Crippen molar-refractivity contribution in [2.75, 3.05) is 5.73 Å². The summed E-state index contributed by atoms with van der Waals surface area (Å²) in [6, 6.07) is 9.60. The minimum atomic E-state index is -0.144. The van der Waals surface area contributed by atoms with Gasteiger partial charge in [-0.3, -0.25) is 15.0 Å². The Morgan fingerprint density at radius 2 is 1.95 bits per heavy atom. The molecule has 2 aromatic heterocycles. The second-order valence-corrected chi connectivity index (χ2v) is 5.89. The molecule has 0 bridgehead atoms. The molecule has 0 spiro atoms. The largest absolute Gasteiger partial charge is 0.399 e. The number of nitrogens with one attached hydrogen (secondary N) is 3. The smallest absolute Gasteiger partial charge is 0.271 e. The van der Waals surface area contributed by atoms with E-state index in [0.29, 0.717) is 11.6 Å². The number of aromatic amines is 3. The van der Waals surface area contributed by atoms with Gasteiger partial charge < -0.3 is 10.7 Å². The Hall–Kier alpha value is -2.47. The van der Waals surface area contributed by atoms with E-state index in [0.717, 1.165) is 26.8 Å². The Labute approximate surface area is 134 Å². The molecule has 0 radical (unpaired) electrons. The maximum atomic E-state index is 11.9. The molecular formula is C16H15BrN4O. The summed E-state index contributed by atoms with van der Waals surface area (Å²) in [5, 5.41) is 6.90. The Morgan fingerprint density at radius 1 is 1.18 bits per heavy atom. The lowest BCUT2D eigenvalue weighted by atomic mass is 10.1. The summed E-state index contributed by atoms with van der Waals surface area (Å²) >= 11 is 3.38. The minimum absolute atomic E-state index is 0.144. The average molecular weight is 359 g/mol. The molecule has 3 aromatic rings. The first-order valence-corrected chi connectivity index (χ1v) is 7.58. The number of hydrogen-bond donors (Lipinski definition) is 4. The molecule has 2 heterocycles. The van der Waals surface area contributed by atoms with Crippen LogP contribution in [-0.4, -0.2) is 15.2 Å². The molecule has 6 heteroatoms. The van der Waals surface area contributed by atoms with Crippen molar-refractivity contribution in [1.29, 1.82) is 0 Å². The highest BCUT2D eigenvalue weighted by molar-refractivity contribution is 9.10. The van der Waals surface area contributed by atoms with Crippen LogP contribution in [0.5, 0.6) is 0 Å². The molecule has 0 amide bonds. The fourth-order valence-electron chi connectivity index (χ4n) is 2.18. The molecule has 0 aliphatic rings. The zero-order valence-corrected chi connectivity index (χ0v) is 13.3. The maximum absolute atomic E-state index is 11.9. The van der Waals surface area contributed by atoms with E-state index in [1.165, 1.54) is 0 Å². The number of nitrogens with two attached hydrogens (primary N) is 1. The van der Waals surface area contributed by atoms with E-state index in [1.807, 2.05) is 48.7 Å². The highest BCUT2D eigenvalue weighted by Gasteiger charge is 1.98. The number of hydrogen-bond acceptors (Lipinski definition) is 2. The second kappa shape index (κ2) is 6.11. The fourth-order valence-corrected chi connectivity index (χ4v) is 2.54. The van der Waals surface area contributed by atoms with Crippen molar-refractivity contribution >= 4 is 33.8 Å². The van der Waals surface area contributed by atoms with Gasteiger partial charge in [0.15, 0.2) is 0 Å². The van der Waals surface area contributed by atoms with Gasteiger partial charge in [-0.1, -0.05) is 18.2 Å². The quantitative estimate of drug-likeness (QED) is 0.530. The van der Waals surface area contributed by atoms with Crippen LogP contribution in [0.4, 0.5) is 5.69 Å². The Kier molecular flexibility index (Phi) is 4.02. The molecule has 22 heavy (non-hydrogen) atoms. The summed E-state index contributed by atoms with van der Waals surface area (Å²) in [6.07, 6.45) is 6.33. The van der Waals surface area contributed by atoms with Gasteiger partial charge >= 0.3 is 0 Å². The maximum Gasteiger partial charge on any atom is 0.271 e. The lowest BCUT2D eigenvalue weighted by molar-refractivity contribution is 1.03. The molecule has 0 saturated carbocycles. The lowest BCUT2D eigenvalue weighted by Gasteiger charge is -1.96. The summed E-state index contributed by atoms with van der Waals surface area (Å²) < 4.78 is 0.943. The topological polar surface area (TPSA) is 90.5 Å². The SMILES string of the molecule is Nc1ccc(CC=c2[nH][nH]c(=O)c2=Cc2cc(Br)c[nH]2)cc1. The van der Waals surface area contributed by atoms with Gasteiger partial charge in [0.25, 0.3) is 5.56 Å². The van der Waals surface area contributed by atoms with Crippen LogP contribution in [0.2, 0.25) is 0 Å². The van der Waals surface area contributed by atoms with E-state index in [4.69, 9.17) is 5.73 Å². The molecular weight excluding hydrogens is 344 g/mol. The normalized spacial score (nSPS) is 13.0. The van der Waals surface area contributed by atoms with E-state index in [1.54, 1.807) is 0 Å². The highest BCUT2D eigenvalue weighted by Crippen LogP contribution is 2.10. The van der Waals surface area contributed by atoms with Crippen LogP contribution in [0.25, 0.3) is 12.2 Å². The van der Waals surface area contributed by atoms with E-state index >= 15 is 0 Å². The van der Waals surface area contributed by atoms with E-state index in [-0.39, 0.29) is 5.56 Å². The van der Waals surface area contributed by atoms with Crippen LogP contribution in [0.1, 0.15) is 11.3 Å². The predicted octanol–water partition coefficient (Wildman–Crippen LogP) is 1.23. The summed E-state index contributed by atoms with van der Waals surface area (Å²) in [4.78, 5) is 15.0. The number of benzene rings is 1. The van der Waals surface area contributed by atoms with E-state index in [9.17, 15) is 4.79 Å². The molecule has 5 nitrogen and oxygen atoms in total. The van der Waals surface area contributed by atoms with Crippen LogP contribution in [0.3, 0.4) is 0 Å². The zero-order valence-electron chi connectivity index (χ0n) is 11.7. The first kappa shape index (κ1) is 14.5. The number of H-pyrrole nitrogens is 3. The molecule has 0 unspecified atom stereocenters. The van der Waals surface area contributed by atoms with Crippen molar-refractivity contribution in [3.8, 4) is 0 Å². The fraction of sp³-hybridized carbons (Fsp3) is 0.0625. The second-order valence-electron chi connectivity index (χ2n) is 4.97. The molecule has 0 aliphatic carbocycles. The van der Waals surface area contributed by atoms with Crippen molar-refractivity contribution in [2.24, 2.45) is 0 Å². The summed E-state index contributed by atoms with van der Waals surface area (Å²) in [5.41, 5.74) is 8.26. The molecule has 0 atom stereocenters. The van der Waals surface area contributed by atoms with Crippen LogP contribution in [0, 0.1) is 0 Å². The average Bonchev–Trinajstić information content (AvgIpc) is 3.06. The third kappa shape index (κ3) is 3.23. The standard InChI is InChI=1S/C16H15BrN4O/c17-11-7-13(19-9-11)8-14-15(20-21-16(14)22)6-3-10-1-4-12(18)5-2-10/h1-2,4-9,19-20H,3,18H2,(H,21,22). The summed E-state index contributed by atoms with van der Waals surface area (Å²) in [5.74, 6) is 0. The molecule has 3 rings (SSSR count). The van der Waals surface area contributed by atoms with Gasteiger partial charge in [0, 0.05) is 22.1 Å². The molecule has 112 valence electrons. The predicted molar refractivity (Wildman–Crippen MR) is 91.7 cm³/mol.